The summed E-state index contributed by atoms with van der Waals surface area (Å²) in [6.07, 6.45) is 12.3. The van der Waals surface area contributed by atoms with Gasteiger partial charge in [-0.15, -0.1) is 9.46 Å². The van der Waals surface area contributed by atoms with Crippen molar-refractivity contribution in [2.45, 2.75) is 104 Å². The maximum Gasteiger partial charge on any atom is 0.560 e. The molecule has 0 saturated carbocycles. The molecule has 0 aliphatic heterocycles. The summed E-state index contributed by atoms with van der Waals surface area (Å²) >= 11 is 0. The number of unbranched alkanes of at least 4 members (excludes halogenated alkanes) is 9. The van der Waals surface area contributed by atoms with E-state index in [9.17, 15) is 25.2 Å². The van der Waals surface area contributed by atoms with Crippen LogP contribution >= 0.6 is 0 Å². The van der Waals surface area contributed by atoms with Crippen LogP contribution < -0.4 is 9.68 Å². The molecule has 0 amide bonds. The van der Waals surface area contributed by atoms with Gasteiger partial charge in [0.1, 0.15) is 0 Å². The van der Waals surface area contributed by atoms with Crippen molar-refractivity contribution in [3.8, 4) is 23.5 Å². The van der Waals surface area contributed by atoms with Crippen molar-refractivity contribution < 1.29 is 34.9 Å². The quantitative estimate of drug-likeness (QED) is 0.238. The third-order valence-electron chi connectivity index (χ3n) is 6.17. The molecule has 0 aliphatic carbocycles. The Bertz CT molecular complexity index is 904. The van der Waals surface area contributed by atoms with Gasteiger partial charge in [-0.1, -0.05) is 85.0 Å². The van der Waals surface area contributed by atoms with Gasteiger partial charge < -0.3 is 20.4 Å². The van der Waals surface area contributed by atoms with Gasteiger partial charge in [-0.3, -0.25) is 9.68 Å². The topological polar surface area (TPSA) is 126 Å². The third-order valence-corrected chi connectivity index (χ3v) is 6.17. The maximum atomic E-state index is 12.1. The van der Waals surface area contributed by atoms with Gasteiger partial charge >= 0.3 is 6.16 Å². The third kappa shape index (κ3) is 7.53. The van der Waals surface area contributed by atoms with Crippen molar-refractivity contribution in [1.29, 1.82) is 0 Å². The summed E-state index contributed by atoms with van der Waals surface area (Å²) in [4.78, 5) is 21.8. The molecule has 0 fully saturated rings. The van der Waals surface area contributed by atoms with Crippen LogP contribution in [0.1, 0.15) is 108 Å². The molecule has 0 spiro atoms. The highest BCUT2D eigenvalue weighted by Crippen LogP contribution is 2.35. The Morgan fingerprint density at radius 1 is 0.794 bits per heavy atom. The summed E-state index contributed by atoms with van der Waals surface area (Å²) in [5, 5.41) is 40.4. The number of hydrogen-bond donors (Lipinski definition) is 4. The Morgan fingerprint density at radius 3 is 1.82 bits per heavy atom. The van der Waals surface area contributed by atoms with Gasteiger partial charge in [0.25, 0.3) is 0 Å². The lowest BCUT2D eigenvalue weighted by atomic mass is 9.96. The first-order valence-electron chi connectivity index (χ1n) is 12.5. The molecule has 2 aromatic rings. The van der Waals surface area contributed by atoms with Crippen LogP contribution in [0.25, 0.3) is 0 Å². The first-order chi connectivity index (χ1) is 16.3. The Balaban J connectivity index is 1.80. The Labute approximate surface area is 201 Å². The molecular formula is C25H40N2O7. The predicted molar refractivity (Wildman–Crippen MR) is 128 cm³/mol. The van der Waals surface area contributed by atoms with Crippen LogP contribution in [0.5, 0.6) is 23.5 Å². The maximum absolute atomic E-state index is 12.1. The van der Waals surface area contributed by atoms with Gasteiger partial charge in [-0.05, 0) is 18.8 Å². The van der Waals surface area contributed by atoms with Crippen LogP contribution in [0.2, 0.25) is 0 Å². The molecular weight excluding hydrogens is 440 g/mol. The van der Waals surface area contributed by atoms with E-state index in [1.54, 1.807) is 6.92 Å². The van der Waals surface area contributed by atoms with Crippen LogP contribution in [0.4, 0.5) is 4.79 Å². The molecule has 0 aromatic carbocycles. The fraction of sp³-hybridized carbons (Fsp3) is 0.640. The second-order valence-corrected chi connectivity index (χ2v) is 8.88. The zero-order chi connectivity index (χ0) is 25.1. The minimum absolute atomic E-state index is 0.0505. The standard InChI is InChI=1S/C25H40N2O7/c1-4-6-7-8-9-10-11-12-13-14-15-18(3)20-17-22(29)27(24(20)31)34-25(32)33-26-21(28)16-19(5-2)23(26)30/h16-18,28-31H,4-15H2,1-3H3. The second-order valence-electron chi connectivity index (χ2n) is 8.88. The molecule has 2 aromatic heterocycles. The molecule has 0 saturated heterocycles. The first kappa shape index (κ1) is 27.3. The highest BCUT2D eigenvalue weighted by molar-refractivity contribution is 5.62. The Hall–Kier alpha value is -2.97. The SMILES string of the molecule is CCCCCCCCCCCCC(C)c1cc(O)n(OC(=O)On2c(O)cc(CC)c2O)c1O. The van der Waals surface area contributed by atoms with E-state index >= 15 is 0 Å². The van der Waals surface area contributed by atoms with E-state index in [1.807, 2.05) is 6.92 Å². The van der Waals surface area contributed by atoms with Gasteiger partial charge in [-0.25, -0.2) is 0 Å². The van der Waals surface area contributed by atoms with E-state index in [1.165, 1.54) is 63.5 Å². The lowest BCUT2D eigenvalue weighted by Crippen LogP contribution is -2.28. The monoisotopic (exact) mass is 480 g/mol. The fourth-order valence-electron chi connectivity index (χ4n) is 4.07. The molecule has 0 aliphatic rings. The number of nitrogens with zero attached hydrogens (tertiary/aromatic N) is 2. The second kappa shape index (κ2) is 13.7. The summed E-state index contributed by atoms with van der Waals surface area (Å²) in [6, 6.07) is 2.60. The van der Waals surface area contributed by atoms with Gasteiger partial charge in [0.2, 0.25) is 23.5 Å². The number of aryl methyl sites for hydroxylation is 1. The van der Waals surface area contributed by atoms with E-state index in [0.29, 0.717) is 27.0 Å². The molecule has 9 nitrogen and oxygen atoms in total. The number of hydrogen-bond acceptors (Lipinski definition) is 7. The lowest BCUT2D eigenvalue weighted by Gasteiger charge is -2.11. The number of aromatic hydroxyl groups is 4. The van der Waals surface area contributed by atoms with Crippen molar-refractivity contribution >= 4 is 6.16 Å². The first-order valence-corrected chi connectivity index (χ1v) is 12.5. The Kier molecular flexibility index (Phi) is 11.0. The lowest BCUT2D eigenvalue weighted by molar-refractivity contribution is 0.0200. The summed E-state index contributed by atoms with van der Waals surface area (Å²) in [5.41, 5.74) is 0.834. The van der Waals surface area contributed by atoms with Crippen LogP contribution in [0.15, 0.2) is 12.1 Å². The highest BCUT2D eigenvalue weighted by atomic mass is 16.9. The molecule has 9 heteroatoms. The van der Waals surface area contributed by atoms with E-state index < -0.39 is 29.7 Å². The fourth-order valence-corrected chi connectivity index (χ4v) is 4.07. The highest BCUT2D eigenvalue weighted by Gasteiger charge is 2.24. The van der Waals surface area contributed by atoms with Crippen molar-refractivity contribution in [2.75, 3.05) is 0 Å². The zero-order valence-electron chi connectivity index (χ0n) is 20.6. The molecule has 2 rings (SSSR count). The zero-order valence-corrected chi connectivity index (χ0v) is 20.6. The molecule has 1 atom stereocenters. The molecule has 4 N–H and O–H groups in total. The van der Waals surface area contributed by atoms with Crippen LogP contribution in [0.3, 0.4) is 0 Å². The van der Waals surface area contributed by atoms with Crippen LogP contribution in [0, 0.1) is 0 Å². The predicted octanol–water partition coefficient (Wildman–Crippen LogP) is 5.77. The van der Waals surface area contributed by atoms with E-state index in [-0.39, 0.29) is 5.92 Å². The average Bonchev–Trinajstić information content (AvgIpc) is 3.24. The molecule has 1 unspecified atom stereocenters. The van der Waals surface area contributed by atoms with Crippen molar-refractivity contribution in [3.05, 3.63) is 23.3 Å². The van der Waals surface area contributed by atoms with Crippen LogP contribution in [-0.4, -0.2) is 36.0 Å². The largest absolute Gasteiger partial charge is 0.560 e. The minimum Gasteiger partial charge on any atom is -0.492 e. The summed E-state index contributed by atoms with van der Waals surface area (Å²) < 4.78 is 1.07. The smallest absolute Gasteiger partial charge is 0.492 e. The van der Waals surface area contributed by atoms with Gasteiger partial charge in [0.05, 0.1) is 0 Å². The van der Waals surface area contributed by atoms with Gasteiger partial charge in [0.15, 0.2) is 0 Å². The minimum atomic E-state index is -1.36. The summed E-state index contributed by atoms with van der Waals surface area (Å²) in [5.74, 6) is -1.84. The van der Waals surface area contributed by atoms with Crippen molar-refractivity contribution in [1.82, 2.24) is 9.46 Å². The number of carbonyl (C=O) groups is 1. The summed E-state index contributed by atoms with van der Waals surface area (Å²) in [6.45, 7) is 5.92. The Morgan fingerprint density at radius 2 is 1.29 bits per heavy atom. The molecule has 34 heavy (non-hydrogen) atoms. The van der Waals surface area contributed by atoms with Gasteiger partial charge in [-0.2, -0.15) is 4.79 Å². The molecule has 2 heterocycles. The number of rotatable bonds is 15. The summed E-state index contributed by atoms with van der Waals surface area (Å²) in [7, 11) is 0. The van der Waals surface area contributed by atoms with E-state index in [4.69, 9.17) is 9.68 Å². The number of carbonyl (C=O) groups excluding carboxylic acids is 1. The van der Waals surface area contributed by atoms with E-state index in [0.717, 1.165) is 19.3 Å². The van der Waals surface area contributed by atoms with Gasteiger partial charge in [0, 0.05) is 23.3 Å². The van der Waals surface area contributed by atoms with Crippen LogP contribution in [-0.2, 0) is 6.42 Å². The van der Waals surface area contributed by atoms with Crippen molar-refractivity contribution in [3.63, 3.8) is 0 Å². The normalized spacial score (nSPS) is 12.1. The van der Waals surface area contributed by atoms with E-state index in [2.05, 4.69) is 6.92 Å². The molecule has 0 bridgehead atoms. The molecule has 192 valence electrons. The van der Waals surface area contributed by atoms with Crippen molar-refractivity contribution in [2.24, 2.45) is 0 Å². The molecule has 0 radical (unpaired) electrons. The average molecular weight is 481 g/mol. The number of aromatic nitrogens is 2.